The molecule has 1 aromatic carbocycles. The summed E-state index contributed by atoms with van der Waals surface area (Å²) < 4.78 is 0. The lowest BCUT2D eigenvalue weighted by atomic mass is 9.92. The van der Waals surface area contributed by atoms with E-state index in [1.54, 1.807) is 6.20 Å². The average Bonchev–Trinajstić information content (AvgIpc) is 2.79. The van der Waals surface area contributed by atoms with Gasteiger partial charge in [-0.1, -0.05) is 24.3 Å². The van der Waals surface area contributed by atoms with Gasteiger partial charge < -0.3 is 11.5 Å². The second-order valence-corrected chi connectivity index (χ2v) is 8.32. The van der Waals surface area contributed by atoms with Crippen molar-refractivity contribution in [1.29, 1.82) is 0 Å². The van der Waals surface area contributed by atoms with Crippen molar-refractivity contribution in [2.45, 2.75) is 19.8 Å². The highest BCUT2D eigenvalue weighted by Crippen LogP contribution is 2.34. The third kappa shape index (κ3) is 5.51. The van der Waals surface area contributed by atoms with Crippen LogP contribution in [-0.2, 0) is 16.0 Å². The summed E-state index contributed by atoms with van der Waals surface area (Å²) in [5.74, 6) is -0.676. The fourth-order valence-electron chi connectivity index (χ4n) is 4.16. The normalized spacial score (nSPS) is 14.0. The van der Waals surface area contributed by atoms with Crippen LogP contribution < -0.4 is 11.5 Å². The number of hydrogen-bond donors (Lipinski definition) is 2. The molecule has 33 heavy (non-hydrogen) atoms. The fourth-order valence-corrected chi connectivity index (χ4v) is 4.16. The maximum atomic E-state index is 11.5. The molecule has 2 amide bonds. The van der Waals surface area contributed by atoms with Gasteiger partial charge in [0.2, 0.25) is 11.8 Å². The second-order valence-electron chi connectivity index (χ2n) is 8.32. The van der Waals surface area contributed by atoms with Gasteiger partial charge in [-0.2, -0.15) is 0 Å². The highest BCUT2D eigenvalue weighted by atomic mass is 16.1. The minimum atomic E-state index is -0.364. The average molecular weight is 442 g/mol. The van der Waals surface area contributed by atoms with Crippen LogP contribution in [0.4, 0.5) is 0 Å². The van der Waals surface area contributed by atoms with Crippen LogP contribution in [0.25, 0.3) is 27.8 Å². The maximum absolute atomic E-state index is 11.5. The fraction of sp³-hybridized carbons (Fsp3) is 0.231. The number of nitrogens with zero attached hydrogens (tertiary/aromatic N) is 3. The first-order valence-corrected chi connectivity index (χ1v) is 10.9. The number of benzene rings is 1. The Morgan fingerprint density at radius 1 is 0.970 bits per heavy atom. The lowest BCUT2D eigenvalue weighted by Crippen LogP contribution is -2.36. The molecule has 7 heteroatoms. The molecule has 0 saturated carbocycles. The Bertz CT molecular complexity index is 1220. The Kier molecular flexibility index (Phi) is 6.60. The molecule has 3 aromatic rings. The Labute approximate surface area is 193 Å². The zero-order chi connectivity index (χ0) is 23.4. The summed E-state index contributed by atoms with van der Waals surface area (Å²) in [4.78, 5) is 33.7. The summed E-state index contributed by atoms with van der Waals surface area (Å²) in [6.45, 7) is 3.69. The number of pyridine rings is 2. The van der Waals surface area contributed by atoms with Crippen molar-refractivity contribution >= 4 is 17.4 Å². The number of aromatic nitrogens is 2. The van der Waals surface area contributed by atoms with Crippen LogP contribution in [-0.4, -0.2) is 46.3 Å². The van der Waals surface area contributed by atoms with E-state index in [1.165, 1.54) is 0 Å². The highest BCUT2D eigenvalue weighted by molar-refractivity contribution is 5.85. The van der Waals surface area contributed by atoms with E-state index in [0.29, 0.717) is 6.54 Å². The van der Waals surface area contributed by atoms with Gasteiger partial charge >= 0.3 is 0 Å². The predicted molar refractivity (Wildman–Crippen MR) is 129 cm³/mol. The van der Waals surface area contributed by atoms with E-state index in [9.17, 15) is 9.59 Å². The Morgan fingerprint density at radius 3 is 2.45 bits per heavy atom. The third-order valence-corrected chi connectivity index (χ3v) is 5.75. The highest BCUT2D eigenvalue weighted by Gasteiger charge is 2.16. The van der Waals surface area contributed by atoms with Gasteiger partial charge in [0.05, 0.1) is 18.7 Å². The molecule has 3 heterocycles. The summed E-state index contributed by atoms with van der Waals surface area (Å²) in [5, 5.41) is 0. The lowest BCUT2D eigenvalue weighted by Gasteiger charge is -2.24. The van der Waals surface area contributed by atoms with Crippen LogP contribution in [0, 0.1) is 6.92 Å². The Hall–Kier alpha value is -3.84. The zero-order valence-electron chi connectivity index (χ0n) is 18.6. The SMILES string of the molecule is Cc1cc(-c2ccc(CC(N)=O)cc2-c2ccc(C3=CCN(CC(N)=O)CC3)nc2)ccn1. The van der Waals surface area contributed by atoms with Gasteiger partial charge in [0.1, 0.15) is 0 Å². The summed E-state index contributed by atoms with van der Waals surface area (Å²) in [7, 11) is 0. The van der Waals surface area contributed by atoms with Crippen LogP contribution in [0.5, 0.6) is 0 Å². The summed E-state index contributed by atoms with van der Waals surface area (Å²) in [5.41, 5.74) is 18.6. The van der Waals surface area contributed by atoms with Crippen molar-refractivity contribution in [3.63, 3.8) is 0 Å². The van der Waals surface area contributed by atoms with Gasteiger partial charge in [-0.25, -0.2) is 0 Å². The molecule has 1 aliphatic rings. The minimum Gasteiger partial charge on any atom is -0.369 e. The molecule has 0 atom stereocenters. The lowest BCUT2D eigenvalue weighted by molar-refractivity contribution is -0.119. The van der Waals surface area contributed by atoms with E-state index in [0.717, 1.165) is 57.7 Å². The van der Waals surface area contributed by atoms with E-state index in [-0.39, 0.29) is 24.8 Å². The quantitative estimate of drug-likeness (QED) is 0.585. The van der Waals surface area contributed by atoms with Gasteiger partial charge in [-0.05, 0) is 65.4 Å². The van der Waals surface area contributed by atoms with Crippen LogP contribution in [0.15, 0.2) is 60.9 Å². The van der Waals surface area contributed by atoms with Crippen molar-refractivity contribution in [3.8, 4) is 22.3 Å². The second kappa shape index (κ2) is 9.75. The number of nitrogens with two attached hydrogens (primary N) is 2. The number of amides is 2. The first kappa shape index (κ1) is 22.4. The van der Waals surface area contributed by atoms with Crippen molar-refractivity contribution in [2.24, 2.45) is 11.5 Å². The molecular weight excluding hydrogens is 414 g/mol. The Morgan fingerprint density at radius 2 is 1.82 bits per heavy atom. The molecule has 0 radical (unpaired) electrons. The predicted octanol–water partition coefficient (Wildman–Crippen LogP) is 2.72. The Balaban J connectivity index is 1.66. The molecule has 2 aromatic heterocycles. The van der Waals surface area contributed by atoms with Gasteiger partial charge in [-0.3, -0.25) is 24.5 Å². The topological polar surface area (TPSA) is 115 Å². The number of rotatable bonds is 7. The first-order valence-electron chi connectivity index (χ1n) is 10.9. The molecule has 1 aliphatic heterocycles. The molecule has 4 N–H and O–H groups in total. The van der Waals surface area contributed by atoms with E-state index >= 15 is 0 Å². The van der Waals surface area contributed by atoms with Gasteiger partial charge in [-0.15, -0.1) is 0 Å². The van der Waals surface area contributed by atoms with E-state index in [4.69, 9.17) is 16.5 Å². The largest absolute Gasteiger partial charge is 0.369 e. The summed E-state index contributed by atoms with van der Waals surface area (Å²) in [6, 6.07) is 14.1. The number of aryl methyl sites for hydroxylation is 1. The number of primary amides is 2. The molecule has 168 valence electrons. The van der Waals surface area contributed by atoms with Crippen LogP contribution in [0.3, 0.4) is 0 Å². The molecule has 0 aliphatic carbocycles. The van der Waals surface area contributed by atoms with Crippen LogP contribution >= 0.6 is 0 Å². The molecule has 0 fully saturated rings. The molecule has 0 spiro atoms. The molecule has 0 saturated heterocycles. The molecule has 4 rings (SSSR count). The minimum absolute atomic E-state index is 0.183. The molecular formula is C26H27N5O2. The van der Waals surface area contributed by atoms with Gasteiger partial charge in [0, 0.05) is 36.7 Å². The van der Waals surface area contributed by atoms with E-state index in [1.807, 2.05) is 54.4 Å². The molecule has 7 nitrogen and oxygen atoms in total. The third-order valence-electron chi connectivity index (χ3n) is 5.75. The standard InChI is InChI=1S/C26H27N5O2/c1-17-12-20(6-9-29-17)22-4-2-18(14-25(27)32)13-23(22)21-3-5-24(30-15-21)19-7-10-31(11-8-19)16-26(28)33/h2-7,9,12-13,15H,8,10-11,14,16H2,1H3,(H2,27,32)(H2,28,33). The smallest absolute Gasteiger partial charge is 0.231 e. The van der Waals surface area contributed by atoms with Gasteiger partial charge in [0.15, 0.2) is 0 Å². The summed E-state index contributed by atoms with van der Waals surface area (Å²) >= 11 is 0. The van der Waals surface area contributed by atoms with E-state index in [2.05, 4.69) is 17.1 Å². The first-order chi connectivity index (χ1) is 15.9. The monoisotopic (exact) mass is 441 g/mol. The van der Waals surface area contributed by atoms with Crippen molar-refractivity contribution in [2.75, 3.05) is 19.6 Å². The number of carbonyl (C=O) groups is 2. The number of carbonyl (C=O) groups excluding carboxylic acids is 2. The van der Waals surface area contributed by atoms with Crippen LogP contribution in [0.2, 0.25) is 0 Å². The van der Waals surface area contributed by atoms with Crippen molar-refractivity contribution < 1.29 is 9.59 Å². The molecule has 0 unspecified atom stereocenters. The van der Waals surface area contributed by atoms with Crippen molar-refractivity contribution in [3.05, 3.63) is 77.9 Å². The number of hydrogen-bond acceptors (Lipinski definition) is 5. The van der Waals surface area contributed by atoms with Crippen molar-refractivity contribution in [1.82, 2.24) is 14.9 Å². The zero-order valence-corrected chi connectivity index (χ0v) is 18.6. The molecule has 0 bridgehead atoms. The summed E-state index contributed by atoms with van der Waals surface area (Å²) in [6.07, 6.45) is 6.77. The van der Waals surface area contributed by atoms with E-state index < -0.39 is 0 Å². The van der Waals surface area contributed by atoms with Crippen LogP contribution in [0.1, 0.15) is 23.4 Å². The maximum Gasteiger partial charge on any atom is 0.231 e. The van der Waals surface area contributed by atoms with Gasteiger partial charge in [0.25, 0.3) is 0 Å².